The number of aliphatic hydroxyl groups excluding tert-OH is 1. The molecule has 0 aromatic heterocycles. The summed E-state index contributed by atoms with van der Waals surface area (Å²) in [7, 11) is 4.48. The smallest absolute Gasteiger partial charge is 0.204 e. The summed E-state index contributed by atoms with van der Waals surface area (Å²) in [6.07, 6.45) is 10.2. The molecule has 172 valence electrons. The van der Waals surface area contributed by atoms with Crippen LogP contribution in [0.3, 0.4) is 0 Å². The van der Waals surface area contributed by atoms with E-state index in [0.717, 1.165) is 19.3 Å². The summed E-state index contributed by atoms with van der Waals surface area (Å²) in [4.78, 5) is 12.8. The third-order valence-electron chi connectivity index (χ3n) is 6.27. The van der Waals surface area contributed by atoms with E-state index >= 15 is 0 Å². The van der Waals surface area contributed by atoms with Gasteiger partial charge in [-0.2, -0.15) is 0 Å². The molecule has 0 fully saturated rings. The molecule has 5 heteroatoms. The first-order valence-corrected chi connectivity index (χ1v) is 11.1. The first-order chi connectivity index (χ1) is 14.2. The van der Waals surface area contributed by atoms with Gasteiger partial charge in [0.05, 0.1) is 19.8 Å². The van der Waals surface area contributed by atoms with Crippen molar-refractivity contribution in [2.45, 2.75) is 84.8 Å². The molecule has 1 aliphatic carbocycles. The van der Waals surface area contributed by atoms with Crippen LogP contribution in [-0.4, -0.2) is 43.9 Å². The Balaban J connectivity index is 3.00. The zero-order chi connectivity index (χ0) is 22.9. The Kier molecular flexibility index (Phi) is 10.9. The number of carbonyl (C=O) groups excluding carboxylic acids is 1. The number of methoxy groups -OCH3 is 3. The molecule has 1 aliphatic rings. The summed E-state index contributed by atoms with van der Waals surface area (Å²) in [6.45, 7) is 10.2. The number of hydrogen-bond donors (Lipinski definition) is 1. The molecule has 0 saturated carbocycles. The highest BCUT2D eigenvalue weighted by Crippen LogP contribution is 2.41. The van der Waals surface area contributed by atoms with Gasteiger partial charge in [0, 0.05) is 18.9 Å². The molecule has 4 unspecified atom stereocenters. The summed E-state index contributed by atoms with van der Waals surface area (Å²) in [6, 6.07) is 0. The number of unbranched alkanes of at least 4 members (excludes halogenated alkanes) is 2. The fraction of sp³-hybridized carbons (Fsp3) is 0.720. The Morgan fingerprint density at radius 2 is 1.77 bits per heavy atom. The topological polar surface area (TPSA) is 65.0 Å². The van der Waals surface area contributed by atoms with Crippen molar-refractivity contribution in [3.63, 3.8) is 0 Å². The van der Waals surface area contributed by atoms with Crippen LogP contribution in [0.1, 0.15) is 73.1 Å². The Morgan fingerprint density at radius 3 is 2.30 bits per heavy atom. The van der Waals surface area contributed by atoms with Gasteiger partial charge < -0.3 is 19.3 Å². The van der Waals surface area contributed by atoms with Crippen molar-refractivity contribution >= 4 is 5.78 Å². The quantitative estimate of drug-likeness (QED) is 0.339. The van der Waals surface area contributed by atoms with Gasteiger partial charge in [0.15, 0.2) is 5.76 Å². The van der Waals surface area contributed by atoms with Gasteiger partial charge in [-0.15, -0.1) is 0 Å². The van der Waals surface area contributed by atoms with Crippen molar-refractivity contribution in [3.05, 3.63) is 34.8 Å². The number of carbonyl (C=O) groups is 1. The van der Waals surface area contributed by atoms with Gasteiger partial charge in [-0.05, 0) is 46.5 Å². The molecule has 0 aliphatic heterocycles. The second-order valence-corrected chi connectivity index (χ2v) is 8.65. The third kappa shape index (κ3) is 6.45. The van der Waals surface area contributed by atoms with Crippen molar-refractivity contribution in [1.82, 2.24) is 0 Å². The molecule has 0 spiro atoms. The standard InChI is InChI=1S/C25H42O5/c1-9-10-11-13-17(2)14-12-15-18(3)16-25(5,30-8)20-19(4)21(26)23(28-6)24(29-7)22(20)27/h14,16,19-20,22,27H,9-13,15H2,1-8H3. The van der Waals surface area contributed by atoms with Gasteiger partial charge in [0.2, 0.25) is 11.5 Å². The summed E-state index contributed by atoms with van der Waals surface area (Å²) >= 11 is 0. The van der Waals surface area contributed by atoms with E-state index in [2.05, 4.69) is 32.9 Å². The molecule has 0 saturated heterocycles. The number of allylic oxidation sites excluding steroid dienone is 4. The second kappa shape index (κ2) is 12.3. The second-order valence-electron chi connectivity index (χ2n) is 8.65. The average Bonchev–Trinajstić information content (AvgIpc) is 2.70. The SMILES string of the molecule is CCCCCC(C)=CCCC(C)=CC(C)(OC)C1C(C)C(=O)C(OC)=C(OC)C1O. The maximum atomic E-state index is 12.8. The molecule has 0 heterocycles. The van der Waals surface area contributed by atoms with Crippen LogP contribution in [0.25, 0.3) is 0 Å². The number of ketones is 1. The first kappa shape index (κ1) is 26.4. The normalized spacial score (nSPS) is 25.4. The fourth-order valence-corrected chi connectivity index (χ4v) is 4.44. The number of Topliss-reactive ketones (excluding diaryl/α,β-unsaturated/α-hetero) is 1. The maximum absolute atomic E-state index is 12.8. The minimum Gasteiger partial charge on any atom is -0.494 e. The van der Waals surface area contributed by atoms with E-state index < -0.39 is 23.5 Å². The summed E-state index contributed by atoms with van der Waals surface area (Å²) < 4.78 is 16.4. The highest BCUT2D eigenvalue weighted by atomic mass is 16.5. The lowest BCUT2D eigenvalue weighted by molar-refractivity contribution is -0.138. The van der Waals surface area contributed by atoms with Gasteiger partial charge in [-0.1, -0.05) is 50.0 Å². The minimum atomic E-state index is -0.993. The lowest BCUT2D eigenvalue weighted by Gasteiger charge is -2.43. The van der Waals surface area contributed by atoms with E-state index in [9.17, 15) is 9.90 Å². The van der Waals surface area contributed by atoms with E-state index in [1.54, 1.807) is 7.11 Å². The number of aliphatic hydroxyl groups is 1. The molecule has 0 aromatic rings. The van der Waals surface area contributed by atoms with Crippen LogP contribution in [-0.2, 0) is 19.0 Å². The van der Waals surface area contributed by atoms with Crippen LogP contribution in [0.5, 0.6) is 0 Å². The van der Waals surface area contributed by atoms with E-state index in [1.807, 2.05) is 13.8 Å². The Bertz CT molecular complexity index is 660. The van der Waals surface area contributed by atoms with Crippen LogP contribution in [0.4, 0.5) is 0 Å². The van der Waals surface area contributed by atoms with Crippen LogP contribution in [0.2, 0.25) is 0 Å². The van der Waals surface area contributed by atoms with Crippen LogP contribution >= 0.6 is 0 Å². The lowest BCUT2D eigenvalue weighted by Crippen LogP contribution is -2.52. The third-order valence-corrected chi connectivity index (χ3v) is 6.27. The fourth-order valence-electron chi connectivity index (χ4n) is 4.44. The number of ether oxygens (including phenoxy) is 3. The largest absolute Gasteiger partial charge is 0.494 e. The van der Waals surface area contributed by atoms with Gasteiger partial charge in [0.1, 0.15) is 6.10 Å². The zero-order valence-corrected chi connectivity index (χ0v) is 20.2. The Labute approximate surface area is 183 Å². The molecule has 5 nitrogen and oxygen atoms in total. The van der Waals surface area contributed by atoms with E-state index in [4.69, 9.17) is 14.2 Å². The molecule has 0 radical (unpaired) electrons. The van der Waals surface area contributed by atoms with Crippen molar-refractivity contribution in [2.24, 2.45) is 11.8 Å². The van der Waals surface area contributed by atoms with Crippen LogP contribution in [0, 0.1) is 11.8 Å². The maximum Gasteiger partial charge on any atom is 0.204 e. The zero-order valence-electron chi connectivity index (χ0n) is 20.2. The summed E-state index contributed by atoms with van der Waals surface area (Å²) in [5.74, 6) is -0.861. The predicted molar refractivity (Wildman–Crippen MR) is 121 cm³/mol. The average molecular weight is 423 g/mol. The number of rotatable bonds is 12. The van der Waals surface area contributed by atoms with Crippen molar-refractivity contribution in [2.75, 3.05) is 21.3 Å². The van der Waals surface area contributed by atoms with Crippen LogP contribution in [0.15, 0.2) is 34.8 Å². The molecule has 4 atom stereocenters. The van der Waals surface area contributed by atoms with Crippen molar-refractivity contribution in [3.8, 4) is 0 Å². The highest BCUT2D eigenvalue weighted by molar-refractivity contribution is 5.97. The van der Waals surface area contributed by atoms with Gasteiger partial charge in [0.25, 0.3) is 0 Å². The van der Waals surface area contributed by atoms with Crippen molar-refractivity contribution in [1.29, 1.82) is 0 Å². The molecule has 30 heavy (non-hydrogen) atoms. The predicted octanol–water partition coefficient (Wildman–Crippen LogP) is 5.34. The lowest BCUT2D eigenvalue weighted by atomic mass is 9.69. The molecule has 1 rings (SSSR count). The minimum absolute atomic E-state index is 0.0941. The number of hydrogen-bond acceptors (Lipinski definition) is 5. The first-order valence-electron chi connectivity index (χ1n) is 11.1. The molecular formula is C25H42O5. The van der Waals surface area contributed by atoms with E-state index in [1.165, 1.54) is 44.6 Å². The summed E-state index contributed by atoms with van der Waals surface area (Å²) in [5.41, 5.74) is 1.79. The molecule has 0 aromatic carbocycles. The van der Waals surface area contributed by atoms with Gasteiger partial charge >= 0.3 is 0 Å². The van der Waals surface area contributed by atoms with Gasteiger partial charge in [-0.3, -0.25) is 4.79 Å². The molecular weight excluding hydrogens is 380 g/mol. The van der Waals surface area contributed by atoms with Crippen LogP contribution < -0.4 is 0 Å². The molecule has 1 N–H and O–H groups in total. The molecule has 0 bridgehead atoms. The van der Waals surface area contributed by atoms with Gasteiger partial charge in [-0.25, -0.2) is 0 Å². The summed E-state index contributed by atoms with van der Waals surface area (Å²) in [5, 5.41) is 11.0. The monoisotopic (exact) mass is 422 g/mol. The van der Waals surface area contributed by atoms with E-state index in [0.29, 0.717) is 0 Å². The Morgan fingerprint density at radius 1 is 1.10 bits per heavy atom. The Hall–Kier alpha value is -1.59. The molecule has 0 amide bonds. The van der Waals surface area contributed by atoms with Crippen molar-refractivity contribution < 1.29 is 24.1 Å². The van der Waals surface area contributed by atoms with E-state index in [-0.39, 0.29) is 17.3 Å². The highest BCUT2D eigenvalue weighted by Gasteiger charge is 2.51.